The monoisotopic (exact) mass is 322 g/mol. The van der Waals surface area contributed by atoms with Crippen molar-refractivity contribution in [2.45, 2.75) is 26.2 Å². The average molecular weight is 322 g/mol. The highest BCUT2D eigenvalue weighted by molar-refractivity contribution is 7.09. The average Bonchev–Trinajstić information content (AvgIpc) is 3.08. The molecule has 1 unspecified atom stereocenters. The molecule has 8 nitrogen and oxygen atoms in total. The van der Waals surface area contributed by atoms with Crippen molar-refractivity contribution >= 4 is 21.9 Å². The summed E-state index contributed by atoms with van der Waals surface area (Å²) < 4.78 is 4.79. The third-order valence-electron chi connectivity index (χ3n) is 2.91. The van der Waals surface area contributed by atoms with Crippen molar-refractivity contribution < 1.29 is 19.1 Å². The molecule has 2 aliphatic rings. The summed E-state index contributed by atoms with van der Waals surface area (Å²) in [5.74, 6) is 0. The van der Waals surface area contributed by atoms with Crippen molar-refractivity contribution in [3.05, 3.63) is 0 Å². The molecule has 0 aromatic heterocycles. The highest BCUT2D eigenvalue weighted by atomic mass is 31.0. The molecule has 21 heavy (non-hydrogen) atoms. The zero-order valence-corrected chi connectivity index (χ0v) is 14.0. The van der Waals surface area contributed by atoms with Gasteiger partial charge in [0.15, 0.2) is 0 Å². The summed E-state index contributed by atoms with van der Waals surface area (Å²) in [6, 6.07) is -0.0336. The molecule has 0 bridgehead atoms. The van der Waals surface area contributed by atoms with Gasteiger partial charge in [0.1, 0.15) is 0 Å². The van der Waals surface area contributed by atoms with Gasteiger partial charge in [-0.25, -0.2) is 15.3 Å². The molecule has 2 rings (SSSR count). The van der Waals surface area contributed by atoms with Crippen LogP contribution in [0.2, 0.25) is 0 Å². The van der Waals surface area contributed by atoms with Crippen molar-refractivity contribution in [2.24, 2.45) is 0 Å². The number of hydroxylamine groups is 3. The van der Waals surface area contributed by atoms with Crippen LogP contribution in [0.5, 0.6) is 0 Å². The van der Waals surface area contributed by atoms with Crippen molar-refractivity contribution in [1.29, 1.82) is 0 Å². The second-order valence-corrected chi connectivity index (χ2v) is 4.53. The van der Waals surface area contributed by atoms with E-state index < -0.39 is 0 Å². The number of hydrogen-bond acceptors (Lipinski definition) is 5. The fourth-order valence-corrected chi connectivity index (χ4v) is 2.01. The first kappa shape index (κ1) is 20.1. The quantitative estimate of drug-likeness (QED) is 0.448. The zero-order valence-electron chi connectivity index (χ0n) is 12.8. The first-order valence-corrected chi connectivity index (χ1v) is 7.54. The van der Waals surface area contributed by atoms with E-state index in [2.05, 4.69) is 19.6 Å². The van der Waals surface area contributed by atoms with Crippen molar-refractivity contribution in [3.8, 4) is 0 Å². The third kappa shape index (κ3) is 9.57. The van der Waals surface area contributed by atoms with Crippen LogP contribution in [0.15, 0.2) is 0 Å². The number of nitrogens with one attached hydrogen (secondary N) is 2. The van der Waals surface area contributed by atoms with E-state index in [9.17, 15) is 4.79 Å². The standard InChI is InChI=1S/C6H13N2O2P.C4H9N.C2H5NO2/c1-2-7-4-3-5-8(10-11)6(7)9;1-2-4-5-3-1;1-5-3-2-4/h2-5,11H2,1H3;5H,1-4H2;2H,1H3,(H,3,4). The van der Waals surface area contributed by atoms with Crippen LogP contribution in [0.25, 0.3) is 0 Å². The topological polar surface area (TPSA) is 83.1 Å². The minimum Gasteiger partial charge on any atom is -0.323 e. The number of carbonyl (C=O) groups is 2. The van der Waals surface area contributed by atoms with E-state index in [1.165, 1.54) is 38.1 Å². The minimum atomic E-state index is -0.0336. The number of amides is 3. The van der Waals surface area contributed by atoms with Gasteiger partial charge in [-0.3, -0.25) is 14.3 Å². The highest BCUT2D eigenvalue weighted by Gasteiger charge is 2.23. The molecular formula is C12H27N4O4P. The second-order valence-electron chi connectivity index (χ2n) is 4.32. The Kier molecular flexibility index (Phi) is 13.4. The SMILES string of the molecule is C1CCNC1.CCN1CCCN(OP)C1=O.CONC=O. The van der Waals surface area contributed by atoms with Crippen LogP contribution >= 0.6 is 9.47 Å². The zero-order chi connectivity index (χ0) is 15.9. The number of rotatable bonds is 4. The Morgan fingerprint density at radius 3 is 2.33 bits per heavy atom. The largest absolute Gasteiger partial charge is 0.344 e. The summed E-state index contributed by atoms with van der Waals surface area (Å²) in [7, 11) is 3.45. The molecule has 2 N–H and O–H groups in total. The molecule has 124 valence electrons. The number of urea groups is 1. The molecular weight excluding hydrogens is 295 g/mol. The van der Waals surface area contributed by atoms with Gasteiger partial charge in [0, 0.05) is 22.6 Å². The Morgan fingerprint density at radius 1 is 1.33 bits per heavy atom. The van der Waals surface area contributed by atoms with Crippen molar-refractivity contribution in [2.75, 3.05) is 39.8 Å². The summed E-state index contributed by atoms with van der Waals surface area (Å²) in [6.07, 6.45) is 4.22. The van der Waals surface area contributed by atoms with Gasteiger partial charge in [-0.1, -0.05) is 0 Å². The smallest absolute Gasteiger partial charge is 0.323 e. The van der Waals surface area contributed by atoms with E-state index in [0.717, 1.165) is 19.5 Å². The maximum atomic E-state index is 11.3. The van der Waals surface area contributed by atoms with Gasteiger partial charge in [-0.2, -0.15) is 0 Å². The van der Waals surface area contributed by atoms with E-state index in [0.29, 0.717) is 13.0 Å². The van der Waals surface area contributed by atoms with Crippen LogP contribution in [0, 0.1) is 0 Å². The molecule has 0 aromatic carbocycles. The molecule has 2 saturated heterocycles. The van der Waals surface area contributed by atoms with Gasteiger partial charge in [-0.05, 0) is 39.3 Å². The van der Waals surface area contributed by atoms with E-state index in [1.807, 2.05) is 12.4 Å². The predicted molar refractivity (Wildman–Crippen MR) is 83.1 cm³/mol. The van der Waals surface area contributed by atoms with Crippen molar-refractivity contribution in [3.63, 3.8) is 0 Å². The summed E-state index contributed by atoms with van der Waals surface area (Å²) >= 11 is 0. The summed E-state index contributed by atoms with van der Waals surface area (Å²) in [5.41, 5.74) is 1.93. The van der Waals surface area contributed by atoms with Gasteiger partial charge in [0.25, 0.3) is 0 Å². The first-order chi connectivity index (χ1) is 10.2. The minimum absolute atomic E-state index is 0.0336. The van der Waals surface area contributed by atoms with Gasteiger partial charge in [-0.15, -0.1) is 0 Å². The normalized spacial score (nSPS) is 17.4. The molecule has 2 aliphatic heterocycles. The first-order valence-electron chi connectivity index (χ1n) is 7.07. The fraction of sp³-hybridized carbons (Fsp3) is 0.833. The maximum absolute atomic E-state index is 11.3. The summed E-state index contributed by atoms with van der Waals surface area (Å²) in [4.78, 5) is 26.3. The van der Waals surface area contributed by atoms with Crippen LogP contribution in [-0.2, 0) is 14.3 Å². The Hall–Kier alpha value is -0.950. The molecule has 2 heterocycles. The van der Waals surface area contributed by atoms with Crippen LogP contribution in [0.3, 0.4) is 0 Å². The summed E-state index contributed by atoms with van der Waals surface area (Å²) in [6.45, 7) is 6.76. The number of carbonyl (C=O) groups excluding carboxylic acids is 2. The van der Waals surface area contributed by atoms with Crippen molar-refractivity contribution in [1.82, 2.24) is 20.8 Å². The van der Waals surface area contributed by atoms with E-state index in [1.54, 1.807) is 4.90 Å². The lowest BCUT2D eigenvalue weighted by Gasteiger charge is -2.32. The Labute approximate surface area is 128 Å². The molecule has 0 saturated carbocycles. The lowest BCUT2D eigenvalue weighted by atomic mass is 10.3. The van der Waals surface area contributed by atoms with Crippen LogP contribution < -0.4 is 10.8 Å². The van der Waals surface area contributed by atoms with Gasteiger partial charge in [0.05, 0.1) is 13.7 Å². The number of hydrogen-bond donors (Lipinski definition) is 2. The van der Waals surface area contributed by atoms with Gasteiger partial charge < -0.3 is 10.2 Å². The van der Waals surface area contributed by atoms with Crippen LogP contribution in [-0.4, -0.2) is 62.2 Å². The molecule has 3 amide bonds. The van der Waals surface area contributed by atoms with Gasteiger partial charge >= 0.3 is 6.03 Å². The Morgan fingerprint density at radius 2 is 2.00 bits per heavy atom. The van der Waals surface area contributed by atoms with E-state index in [4.69, 9.17) is 9.42 Å². The molecule has 9 heteroatoms. The summed E-state index contributed by atoms with van der Waals surface area (Å²) in [5, 5.41) is 4.58. The third-order valence-corrected chi connectivity index (χ3v) is 3.16. The molecule has 0 aromatic rings. The molecule has 0 aliphatic carbocycles. The van der Waals surface area contributed by atoms with E-state index >= 15 is 0 Å². The number of nitrogens with zero attached hydrogens (tertiary/aromatic N) is 2. The molecule has 2 fully saturated rings. The van der Waals surface area contributed by atoms with E-state index in [-0.39, 0.29) is 6.03 Å². The van der Waals surface area contributed by atoms with Crippen LogP contribution in [0.1, 0.15) is 26.2 Å². The Bertz CT molecular complexity index is 258. The van der Waals surface area contributed by atoms with Crippen LogP contribution in [0.4, 0.5) is 4.79 Å². The second kappa shape index (κ2) is 14.0. The lowest BCUT2D eigenvalue weighted by molar-refractivity contribution is -0.118. The van der Waals surface area contributed by atoms with Gasteiger partial charge in [0.2, 0.25) is 6.41 Å². The predicted octanol–water partition coefficient (Wildman–Crippen LogP) is 0.519. The fourth-order valence-electron chi connectivity index (χ4n) is 1.82. The maximum Gasteiger partial charge on any atom is 0.344 e. The Balaban J connectivity index is 0.000000332. The highest BCUT2D eigenvalue weighted by Crippen LogP contribution is 2.10. The lowest BCUT2D eigenvalue weighted by Crippen LogP contribution is -2.47. The molecule has 1 atom stereocenters. The molecule has 0 radical (unpaired) electrons. The molecule has 0 spiro atoms.